The lowest BCUT2D eigenvalue weighted by Gasteiger charge is -2.26. The number of benzene rings is 1. The van der Waals surface area contributed by atoms with Crippen LogP contribution in [0.25, 0.3) is 0 Å². The zero-order valence-corrected chi connectivity index (χ0v) is 7.43. The summed E-state index contributed by atoms with van der Waals surface area (Å²) in [5, 5.41) is 0. The largest absolute Gasteiger partial charge is 0.483 e. The molecule has 0 aliphatic carbocycles. The average Bonchev–Trinajstić information content (AvgIpc) is 2.61. The van der Waals surface area contributed by atoms with Crippen molar-refractivity contribution in [2.24, 2.45) is 4.99 Å². The molecule has 3 rings (SSSR count). The van der Waals surface area contributed by atoms with Crippen LogP contribution in [0.3, 0.4) is 0 Å². The molecule has 70 valence electrons. The molecule has 0 aromatic heterocycles. The topological polar surface area (TPSA) is 41.9 Å². The highest BCUT2D eigenvalue weighted by Crippen LogP contribution is 2.33. The number of rotatable bonds is 0. The van der Waals surface area contributed by atoms with Crippen molar-refractivity contribution < 1.29 is 9.53 Å². The lowest BCUT2D eigenvalue weighted by Crippen LogP contribution is -2.39. The van der Waals surface area contributed by atoms with Crippen molar-refractivity contribution in [3.8, 4) is 5.75 Å². The van der Waals surface area contributed by atoms with Crippen molar-refractivity contribution in [3.05, 3.63) is 24.3 Å². The smallest absolute Gasteiger partial charge is 0.254 e. The third kappa shape index (κ3) is 0.878. The molecular weight excluding hydrogens is 180 g/mol. The number of anilines is 1. The first-order valence-corrected chi connectivity index (χ1v) is 4.44. The maximum atomic E-state index is 11.5. The minimum Gasteiger partial charge on any atom is -0.483 e. The molecule has 1 aromatic rings. The van der Waals surface area contributed by atoms with E-state index in [0.717, 1.165) is 11.4 Å². The molecule has 1 amide bonds. The van der Waals surface area contributed by atoms with E-state index in [2.05, 4.69) is 4.99 Å². The number of amides is 1. The molecule has 0 bridgehead atoms. The lowest BCUT2D eigenvalue weighted by atomic mass is 10.2. The molecule has 4 nitrogen and oxygen atoms in total. The number of hydrogen-bond donors (Lipinski definition) is 0. The van der Waals surface area contributed by atoms with Crippen LogP contribution in [-0.4, -0.2) is 24.9 Å². The Balaban J connectivity index is 2.17. The summed E-state index contributed by atoms with van der Waals surface area (Å²) in [6, 6.07) is 7.50. The highest BCUT2D eigenvalue weighted by molar-refractivity contribution is 6.23. The number of aliphatic imine (C=N–C) groups is 1. The first-order valence-electron chi connectivity index (χ1n) is 4.44. The number of amidine groups is 1. The van der Waals surface area contributed by atoms with Gasteiger partial charge in [0.25, 0.3) is 5.91 Å². The molecule has 0 radical (unpaired) electrons. The number of para-hydroxylation sites is 2. The summed E-state index contributed by atoms with van der Waals surface area (Å²) in [7, 11) is 0. The molecule has 0 saturated carbocycles. The van der Waals surface area contributed by atoms with E-state index in [9.17, 15) is 4.79 Å². The van der Waals surface area contributed by atoms with Gasteiger partial charge in [-0.1, -0.05) is 12.1 Å². The number of carbonyl (C=O) groups is 1. The van der Waals surface area contributed by atoms with Crippen LogP contribution in [0, 0.1) is 0 Å². The van der Waals surface area contributed by atoms with Gasteiger partial charge < -0.3 is 4.74 Å². The summed E-state index contributed by atoms with van der Waals surface area (Å²) in [5.41, 5.74) is 0.806. The minimum absolute atomic E-state index is 0.0238. The molecule has 0 N–H and O–H groups in total. The maximum Gasteiger partial charge on any atom is 0.254 e. The first-order chi connectivity index (χ1) is 6.86. The summed E-state index contributed by atoms with van der Waals surface area (Å²) in [6.07, 6.45) is 0. The molecule has 2 aliphatic rings. The van der Waals surface area contributed by atoms with Gasteiger partial charge in [0.05, 0.1) is 5.69 Å². The second-order valence-corrected chi connectivity index (χ2v) is 3.22. The number of hydrogen-bond acceptors (Lipinski definition) is 3. The van der Waals surface area contributed by atoms with Crippen molar-refractivity contribution in [1.29, 1.82) is 0 Å². The van der Waals surface area contributed by atoms with Crippen LogP contribution in [0.2, 0.25) is 0 Å². The molecular formula is C10H8N2O2. The van der Waals surface area contributed by atoms with E-state index in [1.165, 1.54) is 0 Å². The SMILES string of the molecule is O=C1CN=C2COc3ccccc3N12. The fourth-order valence-corrected chi connectivity index (χ4v) is 1.73. The van der Waals surface area contributed by atoms with Crippen LogP contribution in [0.1, 0.15) is 0 Å². The van der Waals surface area contributed by atoms with Crippen LogP contribution in [-0.2, 0) is 4.79 Å². The van der Waals surface area contributed by atoms with Crippen molar-refractivity contribution in [3.63, 3.8) is 0 Å². The summed E-state index contributed by atoms with van der Waals surface area (Å²) in [6.45, 7) is 0.635. The van der Waals surface area contributed by atoms with Crippen LogP contribution in [0.5, 0.6) is 5.75 Å². The van der Waals surface area contributed by atoms with Crippen LogP contribution < -0.4 is 9.64 Å². The van der Waals surface area contributed by atoms with Gasteiger partial charge in [-0.05, 0) is 12.1 Å². The maximum absolute atomic E-state index is 11.5. The molecule has 1 aromatic carbocycles. The molecule has 4 heteroatoms. The van der Waals surface area contributed by atoms with Crippen LogP contribution >= 0.6 is 0 Å². The fourth-order valence-electron chi connectivity index (χ4n) is 1.73. The third-order valence-corrected chi connectivity index (χ3v) is 2.37. The van der Waals surface area contributed by atoms with Gasteiger partial charge in [-0.2, -0.15) is 0 Å². The van der Waals surface area contributed by atoms with Crippen LogP contribution in [0.15, 0.2) is 29.3 Å². The Kier molecular flexibility index (Phi) is 1.39. The van der Waals surface area contributed by atoms with Crippen molar-refractivity contribution in [1.82, 2.24) is 0 Å². The van der Waals surface area contributed by atoms with E-state index >= 15 is 0 Å². The van der Waals surface area contributed by atoms with E-state index < -0.39 is 0 Å². The van der Waals surface area contributed by atoms with Gasteiger partial charge >= 0.3 is 0 Å². The third-order valence-electron chi connectivity index (χ3n) is 2.37. The van der Waals surface area contributed by atoms with E-state index in [1.54, 1.807) is 4.90 Å². The zero-order valence-electron chi connectivity index (χ0n) is 7.43. The van der Waals surface area contributed by atoms with Gasteiger partial charge in [0.1, 0.15) is 24.7 Å². The fraction of sp³-hybridized carbons (Fsp3) is 0.200. The molecule has 0 atom stereocenters. The van der Waals surface area contributed by atoms with E-state index in [1.807, 2.05) is 24.3 Å². The zero-order chi connectivity index (χ0) is 9.54. The number of fused-ring (bicyclic) bond motifs is 3. The first kappa shape index (κ1) is 7.55. The summed E-state index contributed by atoms with van der Waals surface area (Å²) < 4.78 is 5.46. The normalized spacial score (nSPS) is 18.4. The molecule has 0 spiro atoms. The minimum atomic E-state index is 0.0238. The van der Waals surface area contributed by atoms with E-state index in [-0.39, 0.29) is 12.5 Å². The molecule has 0 fully saturated rings. The van der Waals surface area contributed by atoms with Crippen molar-refractivity contribution >= 4 is 17.4 Å². The average molecular weight is 188 g/mol. The predicted octanol–water partition coefficient (Wildman–Crippen LogP) is 0.824. The van der Waals surface area contributed by atoms with Gasteiger partial charge in [-0.15, -0.1) is 0 Å². The lowest BCUT2D eigenvalue weighted by molar-refractivity contribution is -0.115. The Labute approximate surface area is 80.8 Å². The second kappa shape index (κ2) is 2.57. The summed E-state index contributed by atoms with van der Waals surface area (Å²) >= 11 is 0. The molecule has 0 saturated heterocycles. The van der Waals surface area contributed by atoms with Gasteiger partial charge in [0, 0.05) is 0 Å². The van der Waals surface area contributed by atoms with Crippen molar-refractivity contribution in [2.75, 3.05) is 18.1 Å². The van der Waals surface area contributed by atoms with Gasteiger partial charge in [0.2, 0.25) is 0 Å². The number of carbonyl (C=O) groups excluding carboxylic acids is 1. The highest BCUT2D eigenvalue weighted by atomic mass is 16.5. The Bertz CT molecular complexity index is 440. The number of nitrogens with zero attached hydrogens (tertiary/aromatic N) is 2. The standard InChI is InChI=1S/C10H8N2O2/c13-10-5-11-9-6-14-8-4-2-1-3-7(8)12(9)10/h1-4H,5-6H2. The molecule has 14 heavy (non-hydrogen) atoms. The van der Waals surface area contributed by atoms with Gasteiger partial charge in [0.15, 0.2) is 0 Å². The Morgan fingerprint density at radius 1 is 1.36 bits per heavy atom. The van der Waals surface area contributed by atoms with Crippen molar-refractivity contribution in [2.45, 2.75) is 0 Å². The molecule has 2 heterocycles. The van der Waals surface area contributed by atoms with Crippen LogP contribution in [0.4, 0.5) is 5.69 Å². The monoisotopic (exact) mass is 188 g/mol. The predicted molar refractivity (Wildman–Crippen MR) is 51.7 cm³/mol. The Morgan fingerprint density at radius 3 is 3.14 bits per heavy atom. The summed E-state index contributed by atoms with van der Waals surface area (Å²) in [4.78, 5) is 17.3. The van der Waals surface area contributed by atoms with E-state index in [4.69, 9.17) is 4.74 Å². The number of ether oxygens (including phenoxy) is 1. The quantitative estimate of drug-likeness (QED) is 0.605. The second-order valence-electron chi connectivity index (χ2n) is 3.22. The summed E-state index contributed by atoms with van der Waals surface area (Å²) in [5.74, 6) is 1.49. The molecule has 0 unspecified atom stereocenters. The Morgan fingerprint density at radius 2 is 2.21 bits per heavy atom. The van der Waals surface area contributed by atoms with E-state index in [0.29, 0.717) is 12.4 Å². The van der Waals surface area contributed by atoms with Gasteiger partial charge in [-0.25, -0.2) is 0 Å². The highest BCUT2D eigenvalue weighted by Gasteiger charge is 2.32. The Hall–Kier alpha value is -1.84. The molecule has 2 aliphatic heterocycles. The van der Waals surface area contributed by atoms with Gasteiger partial charge in [-0.3, -0.25) is 14.7 Å².